The third-order valence-electron chi connectivity index (χ3n) is 11.2. The van der Waals surface area contributed by atoms with E-state index in [1.165, 1.54) is 13.0 Å². The van der Waals surface area contributed by atoms with E-state index in [1.807, 2.05) is 17.7 Å². The maximum Gasteiger partial charge on any atom is 0.318 e. The molecule has 0 radical (unpaired) electrons. The van der Waals surface area contributed by atoms with E-state index in [9.17, 15) is 14.3 Å². The van der Waals surface area contributed by atoms with Gasteiger partial charge in [-0.25, -0.2) is 8.78 Å². The summed E-state index contributed by atoms with van der Waals surface area (Å²) in [6, 6.07) is 8.82. The average molecular weight is 687 g/mol. The molecule has 13 heteroatoms. The Bertz CT molecular complexity index is 1970. The van der Waals surface area contributed by atoms with E-state index in [2.05, 4.69) is 14.7 Å². The van der Waals surface area contributed by atoms with Crippen LogP contribution >= 0.6 is 0 Å². The van der Waals surface area contributed by atoms with Crippen LogP contribution in [0, 0.1) is 5.82 Å². The second-order valence-corrected chi connectivity index (χ2v) is 14.3. The van der Waals surface area contributed by atoms with Crippen molar-refractivity contribution in [2.24, 2.45) is 0 Å². The Kier molecular flexibility index (Phi) is 8.28. The second-order valence-electron chi connectivity index (χ2n) is 14.3. The van der Waals surface area contributed by atoms with Crippen molar-refractivity contribution in [3.63, 3.8) is 0 Å². The number of aromatic nitrogens is 4. The van der Waals surface area contributed by atoms with Gasteiger partial charge in [-0.15, -0.1) is 0 Å². The molecule has 2 fully saturated rings. The Balaban J connectivity index is 1.17. The van der Waals surface area contributed by atoms with Crippen molar-refractivity contribution in [3.05, 3.63) is 58.7 Å². The lowest BCUT2D eigenvalue weighted by atomic mass is 9.95. The summed E-state index contributed by atoms with van der Waals surface area (Å²) in [5, 5.41) is 17.0. The number of amides is 1. The predicted molar refractivity (Wildman–Crippen MR) is 187 cm³/mol. The van der Waals surface area contributed by atoms with Gasteiger partial charge in [-0.2, -0.15) is 15.1 Å². The highest BCUT2D eigenvalue weighted by molar-refractivity contribution is 5.98. The number of aryl methyl sites for hydroxylation is 2. The largest absolute Gasteiger partial charge is 0.508 e. The molecule has 6 heterocycles. The van der Waals surface area contributed by atoms with Gasteiger partial charge < -0.3 is 19.6 Å². The van der Waals surface area contributed by atoms with E-state index in [0.717, 1.165) is 71.6 Å². The molecule has 4 aliphatic rings. The third-order valence-corrected chi connectivity index (χ3v) is 11.2. The van der Waals surface area contributed by atoms with Gasteiger partial charge >= 0.3 is 6.01 Å². The third kappa shape index (κ3) is 5.69. The monoisotopic (exact) mass is 686 g/mol. The SMILES string of the molecule is CCc1c(F)ccc2cc(O)cc(N3CCc4c(nc(OC[C@@]56CCCN5C[C@H](F)C6)nc4N4CCCn5nc(N(C)C(C)=O)cc5C4)C3)c12. The predicted octanol–water partition coefficient (Wildman–Crippen LogP) is 5.14. The van der Waals surface area contributed by atoms with Crippen LogP contribution in [0.3, 0.4) is 0 Å². The number of benzene rings is 2. The minimum absolute atomic E-state index is 0.0821. The number of carbonyl (C=O) groups excluding carboxylic acids is 1. The lowest BCUT2D eigenvalue weighted by Gasteiger charge is -2.35. The number of ether oxygens (including phenoxy) is 1. The van der Waals surface area contributed by atoms with Crippen molar-refractivity contribution in [2.45, 2.75) is 83.7 Å². The Morgan fingerprint density at radius 2 is 1.96 bits per heavy atom. The van der Waals surface area contributed by atoms with E-state index < -0.39 is 6.17 Å². The van der Waals surface area contributed by atoms with Crippen molar-refractivity contribution < 1.29 is 23.4 Å². The molecule has 4 aliphatic heterocycles. The van der Waals surface area contributed by atoms with E-state index in [0.29, 0.717) is 70.0 Å². The van der Waals surface area contributed by atoms with Gasteiger partial charge in [0.25, 0.3) is 0 Å². The number of phenolic OH excluding ortho intramolecular Hbond substituents is 1. The molecule has 2 aromatic carbocycles. The molecule has 2 saturated heterocycles. The maximum absolute atomic E-state index is 15.1. The number of fused-ring (bicyclic) bond motifs is 4. The van der Waals surface area contributed by atoms with Crippen LogP contribution in [-0.4, -0.2) is 87.2 Å². The van der Waals surface area contributed by atoms with Gasteiger partial charge in [0.1, 0.15) is 30.2 Å². The summed E-state index contributed by atoms with van der Waals surface area (Å²) in [5.41, 5.74) is 3.87. The van der Waals surface area contributed by atoms with Gasteiger partial charge in [-0.05, 0) is 61.7 Å². The van der Waals surface area contributed by atoms with Crippen LogP contribution in [0.25, 0.3) is 10.8 Å². The summed E-state index contributed by atoms with van der Waals surface area (Å²) in [4.78, 5) is 30.4. The van der Waals surface area contributed by atoms with Crippen LogP contribution in [0.2, 0.25) is 0 Å². The molecule has 2 atom stereocenters. The van der Waals surface area contributed by atoms with Crippen LogP contribution in [0.4, 0.5) is 26.1 Å². The van der Waals surface area contributed by atoms with Gasteiger partial charge in [0.05, 0.1) is 30.0 Å². The Hall–Kier alpha value is -4.52. The topological polar surface area (TPSA) is 103 Å². The number of aromatic hydroxyl groups is 1. The van der Waals surface area contributed by atoms with Gasteiger partial charge in [0.15, 0.2) is 5.82 Å². The normalized spacial score (nSPS) is 22.0. The molecule has 8 rings (SSSR count). The first-order valence-corrected chi connectivity index (χ1v) is 17.8. The Labute approximate surface area is 290 Å². The lowest BCUT2D eigenvalue weighted by Crippen LogP contribution is -2.43. The number of hydrogen-bond donors (Lipinski definition) is 1. The van der Waals surface area contributed by atoms with Crippen LogP contribution in [0.1, 0.15) is 62.0 Å². The van der Waals surface area contributed by atoms with Crippen LogP contribution in [0.15, 0.2) is 30.3 Å². The van der Waals surface area contributed by atoms with Crippen molar-refractivity contribution in [3.8, 4) is 11.8 Å². The lowest BCUT2D eigenvalue weighted by molar-refractivity contribution is -0.116. The highest BCUT2D eigenvalue weighted by Gasteiger charge is 2.49. The Morgan fingerprint density at radius 3 is 2.78 bits per heavy atom. The zero-order chi connectivity index (χ0) is 34.7. The van der Waals surface area contributed by atoms with Gasteiger partial charge in [-0.3, -0.25) is 19.3 Å². The molecule has 0 bridgehead atoms. The standard InChI is InChI=1S/C37H44F2N8O3/c1-4-28-30(39)8-7-24-15-27(49)17-32(34(24)28)44-14-9-29-31(21-44)40-36(50-22-37-10-5-12-46(37)19-25(38)18-37)41-35(29)45-11-6-13-47-26(20-45)16-33(42-47)43(3)23(2)48/h7-8,15-17,25,49H,4-6,9-14,18-22H2,1-3H3/t25-,37+/m1/s1. The van der Waals surface area contributed by atoms with Gasteiger partial charge in [0.2, 0.25) is 5.91 Å². The highest BCUT2D eigenvalue weighted by Crippen LogP contribution is 2.42. The zero-order valence-corrected chi connectivity index (χ0v) is 29.0. The molecule has 4 aromatic rings. The molecule has 50 heavy (non-hydrogen) atoms. The molecular weight excluding hydrogens is 642 g/mol. The maximum atomic E-state index is 15.1. The van der Waals surface area contributed by atoms with Crippen LogP contribution in [-0.2, 0) is 37.3 Å². The summed E-state index contributed by atoms with van der Waals surface area (Å²) in [6.45, 7) is 8.14. The number of halogens is 2. The minimum Gasteiger partial charge on any atom is -0.508 e. The Morgan fingerprint density at radius 1 is 1.10 bits per heavy atom. The first-order valence-electron chi connectivity index (χ1n) is 17.8. The quantitative estimate of drug-likeness (QED) is 0.283. The molecule has 1 N–H and O–H groups in total. The van der Waals surface area contributed by atoms with Gasteiger partial charge in [-0.1, -0.05) is 13.0 Å². The molecular formula is C37H44F2N8O3. The van der Waals surface area contributed by atoms with Crippen molar-refractivity contribution >= 4 is 34.0 Å². The number of rotatable bonds is 7. The molecule has 2 aromatic heterocycles. The summed E-state index contributed by atoms with van der Waals surface area (Å²) in [7, 11) is 1.73. The fourth-order valence-electron chi connectivity index (χ4n) is 8.59. The van der Waals surface area contributed by atoms with Crippen LogP contribution < -0.4 is 19.4 Å². The van der Waals surface area contributed by atoms with Crippen molar-refractivity contribution in [1.29, 1.82) is 0 Å². The molecule has 0 aliphatic carbocycles. The molecule has 11 nitrogen and oxygen atoms in total. The molecule has 1 amide bonds. The number of carbonyl (C=O) groups is 1. The fourth-order valence-corrected chi connectivity index (χ4v) is 8.59. The van der Waals surface area contributed by atoms with E-state index in [1.54, 1.807) is 30.1 Å². The van der Waals surface area contributed by atoms with E-state index in [4.69, 9.17) is 19.8 Å². The first kappa shape index (κ1) is 32.7. The zero-order valence-electron chi connectivity index (χ0n) is 29.0. The number of phenols is 1. The average Bonchev–Trinajstić information content (AvgIpc) is 3.73. The number of nitrogens with zero attached hydrogens (tertiary/aromatic N) is 8. The smallest absolute Gasteiger partial charge is 0.318 e. The molecule has 264 valence electrons. The highest BCUT2D eigenvalue weighted by atomic mass is 19.1. The minimum atomic E-state index is -0.865. The van der Waals surface area contributed by atoms with E-state index >= 15 is 4.39 Å². The first-order chi connectivity index (χ1) is 24.1. The van der Waals surface area contributed by atoms with Crippen molar-refractivity contribution in [1.82, 2.24) is 24.6 Å². The number of anilines is 3. The van der Waals surface area contributed by atoms with E-state index in [-0.39, 0.29) is 29.0 Å². The second kappa shape index (κ2) is 12.7. The summed E-state index contributed by atoms with van der Waals surface area (Å²) in [6.07, 6.45) is 3.46. The summed E-state index contributed by atoms with van der Waals surface area (Å²) in [5.74, 6) is 1.20. The van der Waals surface area contributed by atoms with Gasteiger partial charge in [0, 0.05) is 75.3 Å². The number of hydrogen-bond acceptors (Lipinski definition) is 9. The fraction of sp³-hybridized carbons (Fsp3) is 0.514. The molecule has 0 spiro atoms. The van der Waals surface area contributed by atoms with Crippen LogP contribution in [0.5, 0.6) is 11.8 Å². The molecule has 0 saturated carbocycles. The molecule has 0 unspecified atom stereocenters. The number of alkyl halides is 1. The summed E-state index contributed by atoms with van der Waals surface area (Å²) < 4.78 is 38.1. The summed E-state index contributed by atoms with van der Waals surface area (Å²) >= 11 is 0. The van der Waals surface area contributed by atoms with Crippen molar-refractivity contribution in [2.75, 3.05) is 54.5 Å².